The summed E-state index contributed by atoms with van der Waals surface area (Å²) in [7, 11) is 1.38. The van der Waals surface area contributed by atoms with E-state index in [1.54, 1.807) is 0 Å². The second kappa shape index (κ2) is 7.13. The van der Waals surface area contributed by atoms with Crippen LogP contribution in [0.3, 0.4) is 0 Å². The van der Waals surface area contributed by atoms with E-state index in [-0.39, 0.29) is 22.6 Å². The predicted molar refractivity (Wildman–Crippen MR) is 83.5 cm³/mol. The normalized spacial score (nSPS) is 10.7. The molecule has 0 aliphatic carbocycles. The van der Waals surface area contributed by atoms with E-state index in [0.29, 0.717) is 11.3 Å². The first kappa shape index (κ1) is 18.1. The largest absolute Gasteiger partial charge is 0.573 e. The van der Waals surface area contributed by atoms with Gasteiger partial charge in [-0.1, -0.05) is 0 Å². The van der Waals surface area contributed by atoms with Crippen LogP contribution >= 0.6 is 0 Å². The molecule has 0 heterocycles. The standard InChI is InChI=1S/C17H13F3N2O3/c1-10-7-12(25-17(18,19)20)4-5-14(10)22-16(23)13-8-11(9-21)3-6-15(13)24-2/h3-8H,1-2H3,(H,22,23). The minimum absolute atomic E-state index is 0.136. The van der Waals surface area contributed by atoms with Crippen molar-refractivity contribution in [2.24, 2.45) is 0 Å². The van der Waals surface area contributed by atoms with E-state index in [1.165, 1.54) is 38.3 Å². The van der Waals surface area contributed by atoms with Gasteiger partial charge in [0.2, 0.25) is 0 Å². The highest BCUT2D eigenvalue weighted by Gasteiger charge is 2.31. The molecule has 2 aromatic rings. The van der Waals surface area contributed by atoms with Crippen LogP contribution < -0.4 is 14.8 Å². The molecule has 0 unspecified atom stereocenters. The summed E-state index contributed by atoms with van der Waals surface area (Å²) < 4.78 is 45.6. The Hall–Kier alpha value is -3.21. The van der Waals surface area contributed by atoms with Gasteiger partial charge in [0.15, 0.2) is 0 Å². The van der Waals surface area contributed by atoms with E-state index in [2.05, 4.69) is 10.1 Å². The van der Waals surface area contributed by atoms with E-state index in [1.807, 2.05) is 6.07 Å². The van der Waals surface area contributed by atoms with E-state index in [0.717, 1.165) is 12.1 Å². The van der Waals surface area contributed by atoms with Gasteiger partial charge in [-0.15, -0.1) is 13.2 Å². The lowest BCUT2D eigenvalue weighted by molar-refractivity contribution is -0.274. The molecule has 0 fully saturated rings. The average molecular weight is 350 g/mol. The zero-order valence-corrected chi connectivity index (χ0v) is 13.3. The van der Waals surface area contributed by atoms with Crippen molar-refractivity contribution < 1.29 is 27.4 Å². The molecule has 0 aliphatic rings. The summed E-state index contributed by atoms with van der Waals surface area (Å²) in [6, 6.07) is 9.83. The van der Waals surface area contributed by atoms with Crippen molar-refractivity contribution in [3.63, 3.8) is 0 Å². The van der Waals surface area contributed by atoms with Crippen LogP contribution in [0.4, 0.5) is 18.9 Å². The first-order valence-corrected chi connectivity index (χ1v) is 6.99. The molecule has 0 saturated carbocycles. The lowest BCUT2D eigenvalue weighted by Gasteiger charge is -2.13. The summed E-state index contributed by atoms with van der Waals surface area (Å²) in [4.78, 5) is 12.4. The molecule has 0 aliphatic heterocycles. The van der Waals surface area contributed by atoms with Gasteiger partial charge in [-0.2, -0.15) is 5.26 Å². The Kier molecular flexibility index (Phi) is 5.17. The van der Waals surface area contributed by atoms with Crippen LogP contribution in [-0.4, -0.2) is 19.4 Å². The van der Waals surface area contributed by atoms with Gasteiger partial charge in [-0.05, 0) is 48.9 Å². The summed E-state index contributed by atoms with van der Waals surface area (Å²) in [5, 5.41) is 11.5. The molecule has 0 radical (unpaired) electrons. The summed E-state index contributed by atoms with van der Waals surface area (Å²) in [6.45, 7) is 1.53. The number of nitriles is 1. The van der Waals surface area contributed by atoms with Crippen molar-refractivity contribution in [3.8, 4) is 17.6 Å². The molecule has 1 amide bonds. The smallest absolute Gasteiger partial charge is 0.496 e. The Morgan fingerprint density at radius 1 is 1.20 bits per heavy atom. The molecule has 0 atom stereocenters. The molecular weight excluding hydrogens is 337 g/mol. The summed E-state index contributed by atoms with van der Waals surface area (Å²) in [6.07, 6.45) is -4.79. The van der Waals surface area contributed by atoms with Gasteiger partial charge < -0.3 is 14.8 Å². The van der Waals surface area contributed by atoms with Crippen molar-refractivity contribution in [2.45, 2.75) is 13.3 Å². The number of alkyl halides is 3. The highest BCUT2D eigenvalue weighted by atomic mass is 19.4. The Morgan fingerprint density at radius 2 is 1.92 bits per heavy atom. The number of carbonyl (C=O) groups excluding carboxylic acids is 1. The maximum Gasteiger partial charge on any atom is 0.573 e. The number of nitrogens with zero attached hydrogens (tertiary/aromatic N) is 1. The van der Waals surface area contributed by atoms with Gasteiger partial charge in [0, 0.05) is 5.69 Å². The van der Waals surface area contributed by atoms with Gasteiger partial charge >= 0.3 is 6.36 Å². The molecule has 0 saturated heterocycles. The van der Waals surface area contributed by atoms with Crippen molar-refractivity contribution in [2.75, 3.05) is 12.4 Å². The Morgan fingerprint density at radius 3 is 2.48 bits per heavy atom. The lowest BCUT2D eigenvalue weighted by atomic mass is 10.1. The number of hydrogen-bond acceptors (Lipinski definition) is 4. The van der Waals surface area contributed by atoms with Crippen LogP contribution in [0.5, 0.6) is 11.5 Å². The summed E-state index contributed by atoms with van der Waals surface area (Å²) in [5.41, 5.74) is 1.10. The predicted octanol–water partition coefficient (Wildman–Crippen LogP) is 4.03. The number of anilines is 1. The Bertz CT molecular complexity index is 842. The fraction of sp³-hybridized carbons (Fsp3) is 0.176. The van der Waals surface area contributed by atoms with E-state index >= 15 is 0 Å². The van der Waals surface area contributed by atoms with E-state index < -0.39 is 12.3 Å². The lowest BCUT2D eigenvalue weighted by Crippen LogP contribution is -2.17. The molecule has 5 nitrogen and oxygen atoms in total. The minimum atomic E-state index is -4.79. The molecule has 0 bridgehead atoms. The molecule has 130 valence electrons. The fourth-order valence-electron chi connectivity index (χ4n) is 2.12. The van der Waals surface area contributed by atoms with Crippen molar-refractivity contribution in [3.05, 3.63) is 53.1 Å². The van der Waals surface area contributed by atoms with Gasteiger partial charge in [0.1, 0.15) is 11.5 Å². The third-order valence-corrected chi connectivity index (χ3v) is 3.25. The Balaban J connectivity index is 2.25. The van der Waals surface area contributed by atoms with Gasteiger partial charge in [-0.3, -0.25) is 4.79 Å². The second-order valence-corrected chi connectivity index (χ2v) is 5.01. The minimum Gasteiger partial charge on any atom is -0.496 e. The number of nitrogens with one attached hydrogen (secondary N) is 1. The average Bonchev–Trinajstić information content (AvgIpc) is 2.55. The number of methoxy groups -OCH3 is 1. The first-order valence-electron chi connectivity index (χ1n) is 6.99. The molecule has 8 heteroatoms. The van der Waals surface area contributed by atoms with Crippen molar-refractivity contribution in [1.82, 2.24) is 0 Å². The van der Waals surface area contributed by atoms with Crippen molar-refractivity contribution in [1.29, 1.82) is 5.26 Å². The number of ether oxygens (including phenoxy) is 2. The number of hydrogen-bond donors (Lipinski definition) is 1. The maximum atomic E-state index is 12.4. The maximum absolute atomic E-state index is 12.4. The molecule has 0 aromatic heterocycles. The molecule has 25 heavy (non-hydrogen) atoms. The monoisotopic (exact) mass is 350 g/mol. The van der Waals surface area contributed by atoms with Crippen LogP contribution in [-0.2, 0) is 0 Å². The molecule has 0 spiro atoms. The van der Waals surface area contributed by atoms with Gasteiger partial charge in [0.25, 0.3) is 5.91 Å². The first-order chi connectivity index (χ1) is 11.7. The van der Waals surface area contributed by atoms with Crippen molar-refractivity contribution >= 4 is 11.6 Å². The third kappa shape index (κ3) is 4.64. The van der Waals surface area contributed by atoms with Crippen LogP contribution in [0, 0.1) is 18.3 Å². The number of rotatable bonds is 4. The van der Waals surface area contributed by atoms with Crippen LogP contribution in [0.25, 0.3) is 0 Å². The van der Waals surface area contributed by atoms with Crippen LogP contribution in [0.15, 0.2) is 36.4 Å². The van der Waals surface area contributed by atoms with Crippen LogP contribution in [0.1, 0.15) is 21.5 Å². The fourth-order valence-corrected chi connectivity index (χ4v) is 2.12. The zero-order chi connectivity index (χ0) is 18.6. The summed E-state index contributed by atoms with van der Waals surface area (Å²) in [5.74, 6) is -0.667. The second-order valence-electron chi connectivity index (χ2n) is 5.01. The number of benzene rings is 2. The highest BCUT2D eigenvalue weighted by molar-refractivity contribution is 6.06. The number of halogens is 3. The number of aryl methyl sites for hydroxylation is 1. The number of carbonyl (C=O) groups is 1. The molecule has 2 rings (SSSR count). The van der Waals surface area contributed by atoms with E-state index in [9.17, 15) is 18.0 Å². The number of amides is 1. The Labute approximate surface area is 141 Å². The summed E-state index contributed by atoms with van der Waals surface area (Å²) >= 11 is 0. The van der Waals surface area contributed by atoms with E-state index in [4.69, 9.17) is 10.00 Å². The zero-order valence-electron chi connectivity index (χ0n) is 13.3. The topological polar surface area (TPSA) is 71.3 Å². The quantitative estimate of drug-likeness (QED) is 0.904. The molecular formula is C17H13F3N2O3. The van der Waals surface area contributed by atoms with Gasteiger partial charge in [0.05, 0.1) is 24.3 Å². The highest BCUT2D eigenvalue weighted by Crippen LogP contribution is 2.28. The SMILES string of the molecule is COc1ccc(C#N)cc1C(=O)Nc1ccc(OC(F)(F)F)cc1C. The molecule has 2 aromatic carbocycles. The third-order valence-electron chi connectivity index (χ3n) is 3.25. The molecule has 1 N–H and O–H groups in total. The van der Waals surface area contributed by atoms with Gasteiger partial charge in [-0.25, -0.2) is 0 Å². The van der Waals surface area contributed by atoms with Crippen LogP contribution in [0.2, 0.25) is 0 Å².